The summed E-state index contributed by atoms with van der Waals surface area (Å²) in [5.74, 6) is 1.22. The predicted octanol–water partition coefficient (Wildman–Crippen LogP) is 3.81. The van der Waals surface area contributed by atoms with Crippen LogP contribution < -0.4 is 10.1 Å². The number of hydrogen-bond donors (Lipinski definition) is 1. The fraction of sp³-hybridized carbons (Fsp3) is 0.250. The van der Waals surface area contributed by atoms with Crippen molar-refractivity contribution >= 4 is 15.9 Å². The lowest BCUT2D eigenvalue weighted by Crippen LogP contribution is -2.18. The van der Waals surface area contributed by atoms with Gasteiger partial charge in [0.05, 0.1) is 7.11 Å². The van der Waals surface area contributed by atoms with Gasteiger partial charge in [-0.3, -0.25) is 0 Å². The van der Waals surface area contributed by atoms with Crippen LogP contribution in [0, 0.1) is 0 Å². The summed E-state index contributed by atoms with van der Waals surface area (Å²) in [5.41, 5.74) is 2.49. The Morgan fingerprint density at radius 2 is 1.79 bits per heavy atom. The Balaban J connectivity index is 2.42. The molecule has 2 aromatic rings. The molecule has 0 bridgehead atoms. The van der Waals surface area contributed by atoms with Crippen LogP contribution in [0.2, 0.25) is 0 Å². The van der Waals surface area contributed by atoms with Crippen LogP contribution in [0.25, 0.3) is 0 Å². The quantitative estimate of drug-likeness (QED) is 0.904. The van der Waals surface area contributed by atoms with Gasteiger partial charge in [-0.05, 0) is 30.8 Å². The molecule has 2 aromatic carbocycles. The average Bonchev–Trinajstić information content (AvgIpc) is 2.46. The molecular weight excluding hydrogens is 302 g/mol. The number of ether oxygens (including phenoxy) is 1. The normalized spacial score (nSPS) is 12.2. The van der Waals surface area contributed by atoms with Crippen molar-refractivity contribution in [3.8, 4) is 5.75 Å². The van der Waals surface area contributed by atoms with E-state index in [0.29, 0.717) is 0 Å². The molecule has 2 rings (SSSR count). The van der Waals surface area contributed by atoms with Crippen LogP contribution in [0.15, 0.2) is 53.0 Å². The van der Waals surface area contributed by atoms with Gasteiger partial charge in [0.1, 0.15) is 5.75 Å². The van der Waals surface area contributed by atoms with Crippen molar-refractivity contribution in [2.75, 3.05) is 20.7 Å². The van der Waals surface area contributed by atoms with Crippen LogP contribution in [0.1, 0.15) is 17.0 Å². The molecule has 0 radical (unpaired) electrons. The van der Waals surface area contributed by atoms with Gasteiger partial charge in [0.2, 0.25) is 0 Å². The fourth-order valence-corrected chi connectivity index (χ4v) is 2.53. The summed E-state index contributed by atoms with van der Waals surface area (Å²) in [6, 6.07) is 16.7. The van der Waals surface area contributed by atoms with Crippen LogP contribution in [-0.4, -0.2) is 20.7 Å². The molecule has 100 valence electrons. The first-order valence-electron chi connectivity index (χ1n) is 6.29. The van der Waals surface area contributed by atoms with Gasteiger partial charge in [0.15, 0.2) is 0 Å². The highest BCUT2D eigenvalue weighted by Gasteiger charge is 2.17. The summed E-state index contributed by atoms with van der Waals surface area (Å²) in [5, 5.41) is 3.26. The Kier molecular flexibility index (Phi) is 5.00. The summed E-state index contributed by atoms with van der Waals surface area (Å²) >= 11 is 3.48. The molecule has 0 saturated carbocycles. The van der Waals surface area contributed by atoms with E-state index < -0.39 is 0 Å². The minimum atomic E-state index is 0.286. The molecule has 0 aliphatic carbocycles. The zero-order valence-electron chi connectivity index (χ0n) is 11.2. The molecule has 0 aliphatic rings. The minimum Gasteiger partial charge on any atom is -0.496 e. The van der Waals surface area contributed by atoms with Crippen molar-refractivity contribution in [3.63, 3.8) is 0 Å². The number of benzene rings is 2. The number of methoxy groups -OCH3 is 1. The molecule has 0 spiro atoms. The predicted molar refractivity (Wildman–Crippen MR) is 82.9 cm³/mol. The smallest absolute Gasteiger partial charge is 0.122 e. The summed E-state index contributed by atoms with van der Waals surface area (Å²) in [6.45, 7) is 0.877. The van der Waals surface area contributed by atoms with E-state index >= 15 is 0 Å². The van der Waals surface area contributed by atoms with Crippen molar-refractivity contribution < 1.29 is 4.74 Å². The minimum absolute atomic E-state index is 0.286. The molecule has 1 atom stereocenters. The van der Waals surface area contributed by atoms with Crippen molar-refractivity contribution in [1.82, 2.24) is 5.32 Å². The van der Waals surface area contributed by atoms with E-state index in [1.165, 1.54) is 11.1 Å². The maximum absolute atomic E-state index is 5.48. The molecule has 0 aromatic heterocycles. The summed E-state index contributed by atoms with van der Waals surface area (Å²) in [4.78, 5) is 0. The highest BCUT2D eigenvalue weighted by molar-refractivity contribution is 9.10. The fourth-order valence-electron chi connectivity index (χ4n) is 2.26. The molecule has 1 unspecified atom stereocenters. The Hall–Kier alpha value is -1.32. The topological polar surface area (TPSA) is 21.3 Å². The summed E-state index contributed by atoms with van der Waals surface area (Å²) in [7, 11) is 3.69. The van der Waals surface area contributed by atoms with Crippen molar-refractivity contribution in [2.45, 2.75) is 5.92 Å². The molecule has 0 fully saturated rings. The largest absolute Gasteiger partial charge is 0.496 e. The highest BCUT2D eigenvalue weighted by atomic mass is 79.9. The third kappa shape index (κ3) is 3.37. The first kappa shape index (κ1) is 14.1. The van der Waals surface area contributed by atoms with E-state index in [1.807, 2.05) is 19.2 Å². The van der Waals surface area contributed by atoms with Gasteiger partial charge in [0, 0.05) is 22.5 Å². The molecule has 2 nitrogen and oxygen atoms in total. The molecule has 0 amide bonds. The monoisotopic (exact) mass is 319 g/mol. The highest BCUT2D eigenvalue weighted by Crippen LogP contribution is 2.31. The van der Waals surface area contributed by atoms with Gasteiger partial charge < -0.3 is 10.1 Å². The second-order valence-electron chi connectivity index (χ2n) is 4.40. The number of para-hydroxylation sites is 1. The average molecular weight is 320 g/mol. The number of likely N-dealkylation sites (N-methyl/N-ethyl adjacent to an activating group) is 1. The Labute approximate surface area is 122 Å². The number of rotatable bonds is 5. The molecule has 0 aliphatic heterocycles. The van der Waals surface area contributed by atoms with E-state index in [2.05, 4.69) is 57.6 Å². The van der Waals surface area contributed by atoms with E-state index in [4.69, 9.17) is 4.74 Å². The summed E-state index contributed by atoms with van der Waals surface area (Å²) in [6.07, 6.45) is 0. The third-order valence-corrected chi connectivity index (χ3v) is 3.72. The molecular formula is C16H18BrNO. The third-order valence-electron chi connectivity index (χ3n) is 3.19. The van der Waals surface area contributed by atoms with Crippen LogP contribution >= 0.6 is 15.9 Å². The first-order valence-corrected chi connectivity index (χ1v) is 7.08. The van der Waals surface area contributed by atoms with Gasteiger partial charge in [-0.15, -0.1) is 0 Å². The zero-order chi connectivity index (χ0) is 13.7. The Morgan fingerprint density at radius 1 is 1.11 bits per heavy atom. The standard InChI is InChI=1S/C16H18BrNO/c1-18-11-15(12-7-9-13(17)10-8-12)14-5-3-4-6-16(14)19-2/h3-10,15,18H,11H2,1-2H3. The molecule has 0 heterocycles. The number of nitrogens with one attached hydrogen (secondary N) is 1. The lowest BCUT2D eigenvalue weighted by Gasteiger charge is -2.20. The second kappa shape index (κ2) is 6.73. The van der Waals surface area contributed by atoms with E-state index in [0.717, 1.165) is 16.8 Å². The lowest BCUT2D eigenvalue weighted by molar-refractivity contribution is 0.407. The Morgan fingerprint density at radius 3 is 2.42 bits per heavy atom. The lowest BCUT2D eigenvalue weighted by atomic mass is 9.90. The number of halogens is 1. The zero-order valence-corrected chi connectivity index (χ0v) is 12.8. The molecule has 3 heteroatoms. The molecule has 1 N–H and O–H groups in total. The van der Waals surface area contributed by atoms with Gasteiger partial charge in [-0.1, -0.05) is 46.3 Å². The Bertz CT molecular complexity index is 525. The van der Waals surface area contributed by atoms with E-state index in [1.54, 1.807) is 7.11 Å². The maximum atomic E-state index is 5.48. The second-order valence-corrected chi connectivity index (χ2v) is 5.32. The van der Waals surface area contributed by atoms with Crippen LogP contribution in [0.5, 0.6) is 5.75 Å². The molecule has 0 saturated heterocycles. The number of hydrogen-bond acceptors (Lipinski definition) is 2. The van der Waals surface area contributed by atoms with Crippen molar-refractivity contribution in [3.05, 3.63) is 64.1 Å². The molecule has 19 heavy (non-hydrogen) atoms. The van der Waals surface area contributed by atoms with Gasteiger partial charge in [-0.2, -0.15) is 0 Å². The summed E-state index contributed by atoms with van der Waals surface area (Å²) < 4.78 is 6.58. The SMILES string of the molecule is CNCC(c1ccc(Br)cc1)c1ccccc1OC. The first-order chi connectivity index (χ1) is 9.26. The van der Waals surface area contributed by atoms with Gasteiger partial charge in [-0.25, -0.2) is 0 Å². The van der Waals surface area contributed by atoms with Crippen LogP contribution in [-0.2, 0) is 0 Å². The van der Waals surface area contributed by atoms with Crippen LogP contribution in [0.4, 0.5) is 0 Å². The van der Waals surface area contributed by atoms with Gasteiger partial charge in [0.25, 0.3) is 0 Å². The van der Waals surface area contributed by atoms with E-state index in [9.17, 15) is 0 Å². The maximum Gasteiger partial charge on any atom is 0.122 e. The van der Waals surface area contributed by atoms with Crippen molar-refractivity contribution in [2.24, 2.45) is 0 Å². The van der Waals surface area contributed by atoms with Crippen molar-refractivity contribution in [1.29, 1.82) is 0 Å². The van der Waals surface area contributed by atoms with E-state index in [-0.39, 0.29) is 5.92 Å². The van der Waals surface area contributed by atoms with Crippen LogP contribution in [0.3, 0.4) is 0 Å². The van der Waals surface area contributed by atoms with Gasteiger partial charge >= 0.3 is 0 Å².